The predicted molar refractivity (Wildman–Crippen MR) is 57.0 cm³/mol. The summed E-state index contributed by atoms with van der Waals surface area (Å²) in [7, 11) is 0. The Kier molecular flexibility index (Phi) is 2.20. The van der Waals surface area contributed by atoms with Crippen LogP contribution in [0.15, 0.2) is 29.1 Å². The molecule has 2 heterocycles. The summed E-state index contributed by atoms with van der Waals surface area (Å²) in [6, 6.07) is 3.72. The van der Waals surface area contributed by atoms with Crippen molar-refractivity contribution in [2.24, 2.45) is 0 Å². The SMILES string of the molecule is Nc1nccc(Cl)c1-c1ccsc1. The quantitative estimate of drug-likeness (QED) is 0.786. The van der Waals surface area contributed by atoms with E-state index in [0.717, 1.165) is 11.1 Å². The minimum atomic E-state index is 0.478. The number of rotatable bonds is 1. The Morgan fingerprint density at radius 3 is 2.85 bits per heavy atom. The van der Waals surface area contributed by atoms with Crippen molar-refractivity contribution in [3.05, 3.63) is 34.1 Å². The summed E-state index contributed by atoms with van der Waals surface area (Å²) in [4.78, 5) is 3.99. The topological polar surface area (TPSA) is 38.9 Å². The molecule has 0 bridgehead atoms. The number of halogens is 1. The Balaban J connectivity index is 2.64. The molecule has 0 aliphatic heterocycles. The molecule has 4 heteroatoms. The molecule has 0 saturated heterocycles. The molecule has 2 nitrogen and oxygen atoms in total. The number of nitrogens with zero attached hydrogens (tertiary/aromatic N) is 1. The third-order valence-corrected chi connectivity index (χ3v) is 2.74. The van der Waals surface area contributed by atoms with Gasteiger partial charge in [-0.3, -0.25) is 0 Å². The second-order valence-corrected chi connectivity index (χ2v) is 3.75. The van der Waals surface area contributed by atoms with Crippen molar-refractivity contribution in [2.45, 2.75) is 0 Å². The van der Waals surface area contributed by atoms with Crippen molar-refractivity contribution >= 4 is 28.8 Å². The Labute approximate surface area is 85.0 Å². The number of nitrogens with two attached hydrogens (primary N) is 1. The summed E-state index contributed by atoms with van der Waals surface area (Å²) in [5, 5.41) is 4.63. The molecule has 0 atom stereocenters. The lowest BCUT2D eigenvalue weighted by Gasteiger charge is -2.03. The van der Waals surface area contributed by atoms with Crippen LogP contribution in [0.2, 0.25) is 5.02 Å². The third-order valence-electron chi connectivity index (χ3n) is 1.74. The molecule has 0 saturated carbocycles. The van der Waals surface area contributed by atoms with E-state index < -0.39 is 0 Å². The van der Waals surface area contributed by atoms with Crippen molar-refractivity contribution in [2.75, 3.05) is 5.73 Å². The molecule has 13 heavy (non-hydrogen) atoms. The highest BCUT2D eigenvalue weighted by Gasteiger charge is 2.07. The molecular formula is C9H7ClN2S. The number of thiophene rings is 1. The summed E-state index contributed by atoms with van der Waals surface area (Å²) in [5.74, 6) is 0.478. The van der Waals surface area contributed by atoms with Gasteiger partial charge in [-0.2, -0.15) is 11.3 Å². The summed E-state index contributed by atoms with van der Waals surface area (Å²) in [6.07, 6.45) is 1.60. The summed E-state index contributed by atoms with van der Waals surface area (Å²) >= 11 is 7.62. The zero-order chi connectivity index (χ0) is 9.26. The first-order valence-electron chi connectivity index (χ1n) is 3.71. The van der Waals surface area contributed by atoms with Gasteiger partial charge < -0.3 is 5.73 Å². The second kappa shape index (κ2) is 3.36. The Morgan fingerprint density at radius 2 is 2.23 bits per heavy atom. The normalized spacial score (nSPS) is 10.2. The van der Waals surface area contributed by atoms with Crippen LogP contribution in [-0.4, -0.2) is 4.98 Å². The van der Waals surface area contributed by atoms with Crippen molar-refractivity contribution in [3.8, 4) is 11.1 Å². The van der Waals surface area contributed by atoms with Crippen LogP contribution in [0.4, 0.5) is 5.82 Å². The van der Waals surface area contributed by atoms with E-state index >= 15 is 0 Å². The maximum Gasteiger partial charge on any atom is 0.132 e. The highest BCUT2D eigenvalue weighted by Crippen LogP contribution is 2.32. The molecule has 2 N–H and O–H groups in total. The van der Waals surface area contributed by atoms with Gasteiger partial charge in [0.2, 0.25) is 0 Å². The number of anilines is 1. The lowest BCUT2D eigenvalue weighted by atomic mass is 10.1. The zero-order valence-corrected chi connectivity index (χ0v) is 8.27. The molecule has 0 unspecified atom stereocenters. The molecule has 2 aromatic heterocycles. The fourth-order valence-electron chi connectivity index (χ4n) is 1.15. The Bertz CT molecular complexity index is 391. The molecule has 0 aliphatic rings. The average molecular weight is 211 g/mol. The lowest BCUT2D eigenvalue weighted by Crippen LogP contribution is -1.93. The molecular weight excluding hydrogens is 204 g/mol. The van der Waals surface area contributed by atoms with Gasteiger partial charge in [-0.15, -0.1) is 0 Å². The van der Waals surface area contributed by atoms with E-state index in [1.165, 1.54) is 0 Å². The van der Waals surface area contributed by atoms with Gasteiger partial charge in [0.1, 0.15) is 5.82 Å². The van der Waals surface area contributed by atoms with Gasteiger partial charge >= 0.3 is 0 Å². The molecule has 2 rings (SSSR count). The first-order chi connectivity index (χ1) is 6.29. The Morgan fingerprint density at radius 1 is 1.38 bits per heavy atom. The van der Waals surface area contributed by atoms with Gasteiger partial charge in [0, 0.05) is 11.8 Å². The number of hydrogen-bond acceptors (Lipinski definition) is 3. The highest BCUT2D eigenvalue weighted by molar-refractivity contribution is 7.08. The second-order valence-electron chi connectivity index (χ2n) is 2.57. The Hall–Kier alpha value is -1.06. The van der Waals surface area contributed by atoms with Crippen LogP contribution in [0.5, 0.6) is 0 Å². The van der Waals surface area contributed by atoms with Crippen LogP contribution in [0.25, 0.3) is 11.1 Å². The van der Waals surface area contributed by atoms with Crippen molar-refractivity contribution in [1.82, 2.24) is 4.98 Å². The van der Waals surface area contributed by atoms with Crippen molar-refractivity contribution < 1.29 is 0 Å². The van der Waals surface area contributed by atoms with E-state index in [9.17, 15) is 0 Å². The highest BCUT2D eigenvalue weighted by atomic mass is 35.5. The fourth-order valence-corrected chi connectivity index (χ4v) is 2.05. The monoisotopic (exact) mass is 210 g/mol. The smallest absolute Gasteiger partial charge is 0.132 e. The van der Waals surface area contributed by atoms with Gasteiger partial charge in [0.05, 0.1) is 5.02 Å². The summed E-state index contributed by atoms with van der Waals surface area (Å²) < 4.78 is 0. The third kappa shape index (κ3) is 1.53. The van der Waals surface area contributed by atoms with Crippen molar-refractivity contribution in [3.63, 3.8) is 0 Å². The average Bonchev–Trinajstić information content (AvgIpc) is 2.57. The van der Waals surface area contributed by atoms with Crippen LogP contribution in [0, 0.1) is 0 Å². The van der Waals surface area contributed by atoms with Crippen LogP contribution < -0.4 is 5.73 Å². The van der Waals surface area contributed by atoms with Crippen LogP contribution in [0.1, 0.15) is 0 Å². The maximum absolute atomic E-state index is 6.01. The van der Waals surface area contributed by atoms with E-state index in [-0.39, 0.29) is 0 Å². The van der Waals surface area contributed by atoms with E-state index in [2.05, 4.69) is 4.98 Å². The van der Waals surface area contributed by atoms with Gasteiger partial charge in [-0.1, -0.05) is 11.6 Å². The molecule has 0 aromatic carbocycles. The lowest BCUT2D eigenvalue weighted by molar-refractivity contribution is 1.34. The van der Waals surface area contributed by atoms with Crippen LogP contribution >= 0.6 is 22.9 Å². The fraction of sp³-hybridized carbons (Fsp3) is 0. The first-order valence-corrected chi connectivity index (χ1v) is 5.03. The molecule has 0 fully saturated rings. The van der Waals surface area contributed by atoms with E-state index in [1.54, 1.807) is 23.6 Å². The van der Waals surface area contributed by atoms with Gasteiger partial charge in [-0.25, -0.2) is 4.98 Å². The first kappa shape index (κ1) is 8.53. The van der Waals surface area contributed by atoms with E-state index in [1.807, 2.05) is 16.8 Å². The van der Waals surface area contributed by atoms with E-state index in [0.29, 0.717) is 10.8 Å². The summed E-state index contributed by atoms with van der Waals surface area (Å²) in [5.41, 5.74) is 7.57. The molecule has 2 aromatic rings. The number of nitrogen functional groups attached to an aromatic ring is 1. The zero-order valence-electron chi connectivity index (χ0n) is 6.70. The van der Waals surface area contributed by atoms with Gasteiger partial charge in [-0.05, 0) is 28.5 Å². The minimum Gasteiger partial charge on any atom is -0.383 e. The number of aromatic nitrogens is 1. The largest absolute Gasteiger partial charge is 0.383 e. The molecule has 0 aliphatic carbocycles. The standard InChI is InChI=1S/C9H7ClN2S/c10-7-1-3-12-9(11)8(7)6-2-4-13-5-6/h1-5H,(H2,11,12). The molecule has 0 spiro atoms. The van der Waals surface area contributed by atoms with Crippen molar-refractivity contribution in [1.29, 1.82) is 0 Å². The number of hydrogen-bond donors (Lipinski definition) is 1. The van der Waals surface area contributed by atoms with Gasteiger partial charge in [0.25, 0.3) is 0 Å². The minimum absolute atomic E-state index is 0.478. The maximum atomic E-state index is 6.01. The van der Waals surface area contributed by atoms with Crippen LogP contribution in [-0.2, 0) is 0 Å². The van der Waals surface area contributed by atoms with E-state index in [4.69, 9.17) is 17.3 Å². The number of pyridine rings is 1. The predicted octanol–water partition coefficient (Wildman–Crippen LogP) is 3.05. The van der Waals surface area contributed by atoms with Gasteiger partial charge in [0.15, 0.2) is 0 Å². The molecule has 0 amide bonds. The summed E-state index contributed by atoms with van der Waals surface area (Å²) in [6.45, 7) is 0. The molecule has 66 valence electrons. The molecule has 0 radical (unpaired) electrons. The van der Waals surface area contributed by atoms with Crippen LogP contribution in [0.3, 0.4) is 0 Å².